The van der Waals surface area contributed by atoms with E-state index in [1.54, 1.807) is 0 Å². The molecule has 0 amide bonds. The Morgan fingerprint density at radius 3 is 2.18 bits per heavy atom. The third-order valence-electron chi connectivity index (χ3n) is 2.51. The molecule has 0 bridgehead atoms. The monoisotopic (exact) mass is 384 g/mol. The molecule has 0 saturated carbocycles. The van der Waals surface area contributed by atoms with Gasteiger partial charge in [-0.3, -0.25) is 4.55 Å². The van der Waals surface area contributed by atoms with Gasteiger partial charge in [0.05, 0.1) is 5.66 Å². The fourth-order valence-electron chi connectivity index (χ4n) is 1.58. The standard InChI is InChI=1S/C12H14N2.Cl2HO4PS/c13-12(14)8-6-11(7-9-12)10-4-2-1-3-5-10;1-7(2)6-8(3,4)5/h1-8H,9,13-14H2;(H,3,4,5). The first-order valence-electron chi connectivity index (χ1n) is 5.90. The third kappa shape index (κ3) is 8.22. The van der Waals surface area contributed by atoms with Crippen LogP contribution in [0.4, 0.5) is 0 Å². The number of hydrogen-bond donors (Lipinski definition) is 3. The van der Waals surface area contributed by atoms with Crippen molar-refractivity contribution < 1.29 is 16.9 Å². The van der Waals surface area contributed by atoms with Gasteiger partial charge in [0.2, 0.25) is 6.85 Å². The summed E-state index contributed by atoms with van der Waals surface area (Å²) in [6.45, 7) is -2.08. The predicted molar refractivity (Wildman–Crippen MR) is 90.5 cm³/mol. The van der Waals surface area contributed by atoms with E-state index < -0.39 is 22.9 Å². The Balaban J connectivity index is 0.000000261. The minimum absolute atomic E-state index is 0.668. The molecule has 0 spiro atoms. The van der Waals surface area contributed by atoms with E-state index in [-0.39, 0.29) is 0 Å². The fraction of sp³-hybridized carbons (Fsp3) is 0.167. The Labute approximate surface area is 140 Å². The highest BCUT2D eigenvalue weighted by Crippen LogP contribution is 2.48. The maximum Gasteiger partial charge on any atom is 0.402 e. The SMILES string of the molecule is NC1(N)C=CC(c2ccccc2)=CC1.O=S(=O)(O)OP(Cl)Cl. The van der Waals surface area contributed by atoms with Crippen LogP contribution in [-0.2, 0) is 14.4 Å². The van der Waals surface area contributed by atoms with Crippen LogP contribution in [0.3, 0.4) is 0 Å². The molecule has 0 heterocycles. The van der Waals surface area contributed by atoms with Crippen LogP contribution < -0.4 is 11.5 Å². The molecule has 1 aromatic carbocycles. The highest BCUT2D eigenvalue weighted by atomic mass is 35.9. The van der Waals surface area contributed by atoms with Gasteiger partial charge in [0.1, 0.15) is 0 Å². The maximum atomic E-state index is 9.62. The van der Waals surface area contributed by atoms with Gasteiger partial charge in [-0.05, 0) is 39.7 Å². The molecule has 0 unspecified atom stereocenters. The molecule has 1 aliphatic rings. The number of rotatable bonds is 3. The van der Waals surface area contributed by atoms with E-state index in [0.717, 1.165) is 0 Å². The van der Waals surface area contributed by atoms with Gasteiger partial charge in [-0.15, -0.1) is 0 Å². The van der Waals surface area contributed by atoms with Crippen molar-refractivity contribution in [2.45, 2.75) is 12.1 Å². The fourth-order valence-corrected chi connectivity index (χ4v) is 3.43. The summed E-state index contributed by atoms with van der Waals surface area (Å²) in [5.41, 5.74) is 13.3. The smallest absolute Gasteiger partial charge is 0.310 e. The summed E-state index contributed by atoms with van der Waals surface area (Å²) in [5, 5.41) is 0. The number of nitrogens with two attached hydrogens (primary N) is 2. The van der Waals surface area contributed by atoms with Crippen molar-refractivity contribution in [2.24, 2.45) is 11.5 Å². The lowest BCUT2D eigenvalue weighted by molar-refractivity contribution is 0.405. The largest absolute Gasteiger partial charge is 0.402 e. The first-order chi connectivity index (χ1) is 10.1. The zero-order valence-electron chi connectivity index (χ0n) is 11.3. The van der Waals surface area contributed by atoms with Crippen LogP contribution in [-0.4, -0.2) is 18.6 Å². The molecule has 0 aromatic heterocycles. The zero-order valence-corrected chi connectivity index (χ0v) is 14.5. The summed E-state index contributed by atoms with van der Waals surface area (Å²) in [6.07, 6.45) is 6.61. The van der Waals surface area contributed by atoms with Gasteiger partial charge in [-0.25, -0.2) is 0 Å². The van der Waals surface area contributed by atoms with E-state index in [9.17, 15) is 8.42 Å². The summed E-state index contributed by atoms with van der Waals surface area (Å²) >= 11 is 9.66. The third-order valence-corrected chi connectivity index (χ3v) is 4.72. The van der Waals surface area contributed by atoms with Gasteiger partial charge in [0.15, 0.2) is 0 Å². The van der Waals surface area contributed by atoms with E-state index >= 15 is 0 Å². The molecule has 1 aliphatic carbocycles. The predicted octanol–water partition coefficient (Wildman–Crippen LogP) is 3.15. The second kappa shape index (κ2) is 8.38. The average molecular weight is 385 g/mol. The molecular weight excluding hydrogens is 370 g/mol. The molecule has 1 aromatic rings. The lowest BCUT2D eigenvalue weighted by atomic mass is 9.94. The van der Waals surface area contributed by atoms with Crippen molar-refractivity contribution in [3.63, 3.8) is 0 Å². The molecule has 10 heteroatoms. The molecule has 0 fully saturated rings. The van der Waals surface area contributed by atoms with Crippen LogP contribution in [0.25, 0.3) is 5.57 Å². The van der Waals surface area contributed by atoms with Gasteiger partial charge >= 0.3 is 10.4 Å². The van der Waals surface area contributed by atoms with Gasteiger partial charge in [0, 0.05) is 6.42 Å². The molecule has 2 rings (SSSR count). The number of halogens is 2. The molecule has 0 atom stereocenters. The minimum atomic E-state index is -4.46. The summed E-state index contributed by atoms with van der Waals surface area (Å²) in [7, 11) is -4.46. The van der Waals surface area contributed by atoms with E-state index in [4.69, 9.17) is 38.5 Å². The van der Waals surface area contributed by atoms with Crippen molar-refractivity contribution in [3.05, 3.63) is 54.1 Å². The molecule has 0 saturated heterocycles. The molecule has 0 radical (unpaired) electrons. The molecule has 22 heavy (non-hydrogen) atoms. The normalized spacial score (nSPS) is 16.7. The van der Waals surface area contributed by atoms with Crippen LogP contribution in [0.5, 0.6) is 0 Å². The number of hydrogen-bond acceptors (Lipinski definition) is 5. The van der Waals surface area contributed by atoms with Crippen LogP contribution in [0.15, 0.2) is 48.6 Å². The highest BCUT2D eigenvalue weighted by Gasteiger charge is 2.17. The van der Waals surface area contributed by atoms with E-state index in [2.05, 4.69) is 22.2 Å². The van der Waals surface area contributed by atoms with Crippen LogP contribution >= 0.6 is 29.3 Å². The summed E-state index contributed by atoms with van der Waals surface area (Å²) in [5.74, 6) is 0. The first-order valence-corrected chi connectivity index (χ1v) is 10.3. The Kier molecular flexibility index (Phi) is 7.45. The lowest BCUT2D eigenvalue weighted by Crippen LogP contribution is -2.47. The Morgan fingerprint density at radius 2 is 1.82 bits per heavy atom. The number of benzene rings is 1. The van der Waals surface area contributed by atoms with E-state index in [1.165, 1.54) is 11.1 Å². The Bertz CT molecular complexity index is 648. The summed E-state index contributed by atoms with van der Waals surface area (Å²) < 4.78 is 30.6. The minimum Gasteiger partial charge on any atom is -0.310 e. The zero-order chi connectivity index (χ0) is 16.8. The number of allylic oxidation sites excluding steroid dienone is 2. The second-order valence-electron chi connectivity index (χ2n) is 4.38. The van der Waals surface area contributed by atoms with Crippen molar-refractivity contribution in [1.29, 1.82) is 0 Å². The van der Waals surface area contributed by atoms with Crippen molar-refractivity contribution >= 4 is 45.3 Å². The van der Waals surface area contributed by atoms with Crippen LogP contribution in [0.1, 0.15) is 12.0 Å². The summed E-state index contributed by atoms with van der Waals surface area (Å²) in [4.78, 5) is 0. The lowest BCUT2D eigenvalue weighted by Gasteiger charge is -2.22. The first kappa shape index (κ1) is 19.5. The Morgan fingerprint density at radius 1 is 1.23 bits per heavy atom. The molecular formula is C12H15Cl2N2O4PS. The Hall–Kier alpha value is -0.500. The van der Waals surface area contributed by atoms with Crippen molar-refractivity contribution in [1.82, 2.24) is 0 Å². The topological polar surface area (TPSA) is 116 Å². The molecule has 0 aliphatic heterocycles. The second-order valence-corrected chi connectivity index (χ2v) is 8.60. The molecule has 5 N–H and O–H groups in total. The quantitative estimate of drug-likeness (QED) is 0.418. The van der Waals surface area contributed by atoms with E-state index in [0.29, 0.717) is 6.42 Å². The molecule has 122 valence electrons. The van der Waals surface area contributed by atoms with Crippen molar-refractivity contribution in [2.75, 3.05) is 0 Å². The van der Waals surface area contributed by atoms with Gasteiger partial charge in [-0.1, -0.05) is 42.5 Å². The summed E-state index contributed by atoms with van der Waals surface area (Å²) in [6, 6.07) is 10.2. The molecule has 6 nitrogen and oxygen atoms in total. The maximum absolute atomic E-state index is 9.62. The van der Waals surface area contributed by atoms with Crippen LogP contribution in [0.2, 0.25) is 0 Å². The van der Waals surface area contributed by atoms with Gasteiger partial charge < -0.3 is 11.5 Å². The average Bonchev–Trinajstić information content (AvgIpc) is 2.37. The highest BCUT2D eigenvalue weighted by molar-refractivity contribution is 8.05. The van der Waals surface area contributed by atoms with Crippen LogP contribution in [0, 0.1) is 0 Å². The van der Waals surface area contributed by atoms with Gasteiger partial charge in [0.25, 0.3) is 0 Å². The van der Waals surface area contributed by atoms with E-state index in [1.807, 2.05) is 30.4 Å². The van der Waals surface area contributed by atoms with Crippen molar-refractivity contribution in [3.8, 4) is 0 Å². The van der Waals surface area contributed by atoms with Gasteiger partial charge in [-0.2, -0.15) is 12.4 Å².